The Hall–Kier alpha value is -2.10. The Balaban J connectivity index is 1.93. The van der Waals surface area contributed by atoms with Gasteiger partial charge in [0.15, 0.2) is 0 Å². The van der Waals surface area contributed by atoms with Crippen LogP contribution in [0, 0.1) is 12.8 Å². The maximum absolute atomic E-state index is 11.2. The minimum atomic E-state index is -0.197. The number of carbonyl (C=O) groups excluding carboxylic acids is 1. The molecule has 1 fully saturated rings. The third kappa shape index (κ3) is 2.84. The Labute approximate surface area is 125 Å². The van der Waals surface area contributed by atoms with Crippen LogP contribution in [0.25, 0.3) is 10.9 Å². The molecule has 4 nitrogen and oxygen atoms in total. The summed E-state index contributed by atoms with van der Waals surface area (Å²) in [5.74, 6) is 0.168. The molecule has 1 aromatic carbocycles. The van der Waals surface area contributed by atoms with Gasteiger partial charge in [-0.1, -0.05) is 18.2 Å². The van der Waals surface area contributed by atoms with Crippen molar-refractivity contribution < 1.29 is 4.79 Å². The minimum Gasteiger partial charge on any atom is -0.371 e. The lowest BCUT2D eigenvalue weighted by atomic mass is 9.94. The van der Waals surface area contributed by atoms with Crippen LogP contribution in [0.15, 0.2) is 30.5 Å². The van der Waals surface area contributed by atoms with Gasteiger partial charge in [0.1, 0.15) is 0 Å². The van der Waals surface area contributed by atoms with Gasteiger partial charge in [-0.15, -0.1) is 0 Å². The molecule has 110 valence electrons. The highest BCUT2D eigenvalue weighted by Crippen LogP contribution is 2.31. The van der Waals surface area contributed by atoms with E-state index in [1.165, 1.54) is 16.6 Å². The first kappa shape index (κ1) is 13.9. The summed E-state index contributed by atoms with van der Waals surface area (Å²) in [4.78, 5) is 18.0. The van der Waals surface area contributed by atoms with Crippen molar-refractivity contribution >= 4 is 22.5 Å². The van der Waals surface area contributed by atoms with Gasteiger partial charge in [0, 0.05) is 36.8 Å². The molecule has 1 aromatic heterocycles. The second kappa shape index (κ2) is 5.72. The number of nitrogens with zero attached hydrogens (tertiary/aromatic N) is 2. The predicted octanol–water partition coefficient (Wildman–Crippen LogP) is 2.64. The summed E-state index contributed by atoms with van der Waals surface area (Å²) in [5, 5.41) is 1.19. The van der Waals surface area contributed by atoms with Gasteiger partial charge in [-0.25, -0.2) is 0 Å². The maximum atomic E-state index is 11.2. The number of aryl methyl sites for hydroxylation is 1. The Morgan fingerprint density at radius 3 is 3.10 bits per heavy atom. The highest BCUT2D eigenvalue weighted by molar-refractivity contribution is 5.93. The van der Waals surface area contributed by atoms with Crippen LogP contribution >= 0.6 is 0 Å². The number of pyridine rings is 1. The predicted molar refractivity (Wildman–Crippen MR) is 85.2 cm³/mol. The first-order chi connectivity index (χ1) is 10.1. The quantitative estimate of drug-likeness (QED) is 0.942. The van der Waals surface area contributed by atoms with E-state index in [1.807, 2.05) is 6.20 Å². The van der Waals surface area contributed by atoms with E-state index in [2.05, 4.69) is 41.1 Å². The van der Waals surface area contributed by atoms with Crippen LogP contribution in [0.1, 0.15) is 24.8 Å². The number of carbonyl (C=O) groups is 1. The van der Waals surface area contributed by atoms with Gasteiger partial charge in [-0.05, 0) is 37.3 Å². The molecule has 3 rings (SSSR count). The number of nitrogens with two attached hydrogens (primary N) is 1. The van der Waals surface area contributed by atoms with Crippen LogP contribution in [0.2, 0.25) is 0 Å². The molecular formula is C17H21N3O. The number of amides is 1. The highest BCUT2D eigenvalue weighted by atomic mass is 16.1. The van der Waals surface area contributed by atoms with Gasteiger partial charge in [0.25, 0.3) is 0 Å². The van der Waals surface area contributed by atoms with Gasteiger partial charge in [0.2, 0.25) is 5.91 Å². The lowest BCUT2D eigenvalue weighted by Crippen LogP contribution is -2.37. The van der Waals surface area contributed by atoms with E-state index in [1.54, 1.807) is 0 Å². The van der Waals surface area contributed by atoms with E-state index in [0.29, 0.717) is 12.3 Å². The fraction of sp³-hybridized carbons (Fsp3) is 0.412. The summed E-state index contributed by atoms with van der Waals surface area (Å²) in [6.45, 7) is 4.02. The molecular weight excluding hydrogens is 262 g/mol. The first-order valence-electron chi connectivity index (χ1n) is 7.52. The van der Waals surface area contributed by atoms with Crippen LogP contribution in [0.4, 0.5) is 5.69 Å². The van der Waals surface area contributed by atoms with Crippen molar-refractivity contribution in [2.75, 3.05) is 18.0 Å². The summed E-state index contributed by atoms with van der Waals surface area (Å²) in [6.07, 6.45) is 4.55. The van der Waals surface area contributed by atoms with Gasteiger partial charge in [-0.3, -0.25) is 9.78 Å². The van der Waals surface area contributed by atoms with E-state index in [9.17, 15) is 4.79 Å². The zero-order valence-electron chi connectivity index (χ0n) is 12.4. The lowest BCUT2D eigenvalue weighted by molar-refractivity contribution is -0.118. The molecule has 1 atom stereocenters. The van der Waals surface area contributed by atoms with E-state index in [4.69, 9.17) is 5.73 Å². The van der Waals surface area contributed by atoms with Crippen molar-refractivity contribution in [3.63, 3.8) is 0 Å². The Morgan fingerprint density at radius 1 is 1.43 bits per heavy atom. The fourth-order valence-electron chi connectivity index (χ4n) is 3.32. The monoisotopic (exact) mass is 283 g/mol. The molecule has 0 aliphatic carbocycles. The SMILES string of the molecule is Cc1cccc2c(N3CCCC(CC(N)=O)C3)ccnc12. The normalized spacial score (nSPS) is 18.9. The molecule has 1 aliphatic rings. The number of primary amides is 1. The summed E-state index contributed by atoms with van der Waals surface area (Å²) in [6, 6.07) is 8.37. The van der Waals surface area contributed by atoms with E-state index >= 15 is 0 Å². The number of aromatic nitrogens is 1. The Bertz CT molecular complexity index is 668. The van der Waals surface area contributed by atoms with Crippen molar-refractivity contribution in [1.29, 1.82) is 0 Å². The molecule has 2 heterocycles. The summed E-state index contributed by atoms with van der Waals surface area (Å²) >= 11 is 0. The topological polar surface area (TPSA) is 59.2 Å². The number of hydrogen-bond acceptors (Lipinski definition) is 3. The van der Waals surface area contributed by atoms with Crippen molar-refractivity contribution in [3.05, 3.63) is 36.0 Å². The smallest absolute Gasteiger partial charge is 0.217 e. The molecule has 1 amide bonds. The number of fused-ring (bicyclic) bond motifs is 1. The van der Waals surface area contributed by atoms with Crippen LogP contribution in [0.5, 0.6) is 0 Å². The van der Waals surface area contributed by atoms with E-state index in [-0.39, 0.29) is 5.91 Å². The van der Waals surface area contributed by atoms with Crippen molar-refractivity contribution in [2.24, 2.45) is 11.7 Å². The summed E-state index contributed by atoms with van der Waals surface area (Å²) in [7, 11) is 0. The molecule has 0 spiro atoms. The molecule has 0 bridgehead atoms. The minimum absolute atomic E-state index is 0.197. The van der Waals surface area contributed by atoms with Gasteiger partial charge >= 0.3 is 0 Å². The molecule has 21 heavy (non-hydrogen) atoms. The average Bonchev–Trinajstić information content (AvgIpc) is 2.47. The zero-order chi connectivity index (χ0) is 14.8. The van der Waals surface area contributed by atoms with Crippen molar-refractivity contribution in [1.82, 2.24) is 4.98 Å². The third-order valence-electron chi connectivity index (χ3n) is 4.30. The summed E-state index contributed by atoms with van der Waals surface area (Å²) in [5.41, 5.74) is 8.83. The van der Waals surface area contributed by atoms with Crippen LogP contribution in [-0.4, -0.2) is 24.0 Å². The summed E-state index contributed by atoms with van der Waals surface area (Å²) < 4.78 is 0. The van der Waals surface area contributed by atoms with Gasteiger partial charge in [0.05, 0.1) is 5.52 Å². The van der Waals surface area contributed by atoms with Crippen LogP contribution < -0.4 is 10.6 Å². The van der Waals surface area contributed by atoms with Gasteiger partial charge in [-0.2, -0.15) is 0 Å². The largest absolute Gasteiger partial charge is 0.371 e. The Morgan fingerprint density at radius 2 is 2.29 bits per heavy atom. The molecule has 1 aliphatic heterocycles. The molecule has 1 saturated heterocycles. The van der Waals surface area contributed by atoms with Crippen LogP contribution in [-0.2, 0) is 4.79 Å². The fourth-order valence-corrected chi connectivity index (χ4v) is 3.32. The van der Waals surface area contributed by atoms with Crippen LogP contribution in [0.3, 0.4) is 0 Å². The number of piperidine rings is 1. The molecule has 2 N–H and O–H groups in total. The average molecular weight is 283 g/mol. The maximum Gasteiger partial charge on any atom is 0.217 e. The highest BCUT2D eigenvalue weighted by Gasteiger charge is 2.22. The standard InChI is InChI=1S/C17H21N3O/c1-12-4-2-6-14-15(7-8-19-17(12)14)20-9-3-5-13(11-20)10-16(18)21/h2,4,6-8,13H,3,5,9-11H2,1H3,(H2,18,21). The number of hydrogen-bond donors (Lipinski definition) is 1. The number of rotatable bonds is 3. The zero-order valence-corrected chi connectivity index (χ0v) is 12.4. The van der Waals surface area contributed by atoms with E-state index in [0.717, 1.165) is 31.4 Å². The second-order valence-corrected chi connectivity index (χ2v) is 5.93. The lowest BCUT2D eigenvalue weighted by Gasteiger charge is -2.34. The molecule has 0 radical (unpaired) electrons. The molecule has 1 unspecified atom stereocenters. The third-order valence-corrected chi connectivity index (χ3v) is 4.30. The Kier molecular flexibility index (Phi) is 3.78. The molecule has 4 heteroatoms. The number of benzene rings is 1. The van der Waals surface area contributed by atoms with Crippen molar-refractivity contribution in [3.8, 4) is 0 Å². The number of para-hydroxylation sites is 1. The van der Waals surface area contributed by atoms with Crippen molar-refractivity contribution in [2.45, 2.75) is 26.2 Å². The number of anilines is 1. The molecule has 2 aromatic rings. The van der Waals surface area contributed by atoms with Gasteiger partial charge < -0.3 is 10.6 Å². The first-order valence-corrected chi connectivity index (χ1v) is 7.52. The molecule has 0 saturated carbocycles. The second-order valence-electron chi connectivity index (χ2n) is 5.93. The van der Waals surface area contributed by atoms with E-state index < -0.39 is 0 Å².